The molecule has 1 fully saturated rings. The Morgan fingerprint density at radius 1 is 1.17 bits per heavy atom. The molecule has 1 aromatic carbocycles. The largest absolute Gasteiger partial charge is 0.378 e. The van der Waals surface area contributed by atoms with E-state index in [-0.39, 0.29) is 11.9 Å². The van der Waals surface area contributed by atoms with Crippen LogP contribution in [0.2, 0.25) is 0 Å². The van der Waals surface area contributed by atoms with Gasteiger partial charge in [0.25, 0.3) is 0 Å². The molecule has 1 atom stereocenters. The molecule has 5 nitrogen and oxygen atoms in total. The topological polar surface area (TPSA) is 45.7 Å². The van der Waals surface area contributed by atoms with Crippen molar-refractivity contribution in [3.05, 3.63) is 66.0 Å². The average Bonchev–Trinajstić information content (AvgIpc) is 2.64. The van der Waals surface area contributed by atoms with Gasteiger partial charge in [-0.3, -0.25) is 14.7 Å². The van der Waals surface area contributed by atoms with Gasteiger partial charge in [0.1, 0.15) is 0 Å². The zero-order valence-corrected chi connectivity index (χ0v) is 14.0. The summed E-state index contributed by atoms with van der Waals surface area (Å²) in [6.45, 7) is 2.95. The molecule has 1 aliphatic heterocycles. The van der Waals surface area contributed by atoms with Crippen molar-refractivity contribution in [2.75, 3.05) is 39.9 Å². The quantitative estimate of drug-likeness (QED) is 0.843. The molecule has 0 radical (unpaired) electrons. The fourth-order valence-electron chi connectivity index (χ4n) is 3.04. The van der Waals surface area contributed by atoms with Crippen molar-refractivity contribution < 1.29 is 9.53 Å². The maximum absolute atomic E-state index is 12.6. The highest BCUT2D eigenvalue weighted by Gasteiger charge is 2.25. The van der Waals surface area contributed by atoms with E-state index < -0.39 is 0 Å². The summed E-state index contributed by atoms with van der Waals surface area (Å²) in [6, 6.07) is 16.0. The average molecular weight is 325 g/mol. The number of rotatable bonds is 5. The third-order valence-electron chi connectivity index (χ3n) is 4.27. The van der Waals surface area contributed by atoms with Gasteiger partial charge in [0, 0.05) is 19.3 Å². The number of morpholine rings is 1. The highest BCUT2D eigenvalue weighted by Crippen LogP contribution is 2.25. The first-order chi connectivity index (χ1) is 11.8. The molecule has 1 aliphatic rings. The number of ether oxygens (including phenoxy) is 1. The Kier molecular flexibility index (Phi) is 5.56. The van der Waals surface area contributed by atoms with E-state index in [0.29, 0.717) is 32.8 Å². The lowest BCUT2D eigenvalue weighted by molar-refractivity contribution is -0.136. The number of carbonyl (C=O) groups excluding carboxylic acids is 1. The summed E-state index contributed by atoms with van der Waals surface area (Å²) in [5.74, 6) is 0.137. The molecular formula is C19H23N3O2. The molecule has 2 aromatic rings. The van der Waals surface area contributed by atoms with Gasteiger partial charge in [-0.2, -0.15) is 0 Å². The number of hydrogen-bond acceptors (Lipinski definition) is 4. The lowest BCUT2D eigenvalue weighted by atomic mass is 10.0. The summed E-state index contributed by atoms with van der Waals surface area (Å²) in [4.78, 5) is 21.0. The predicted molar refractivity (Wildman–Crippen MR) is 92.6 cm³/mol. The highest BCUT2D eigenvalue weighted by atomic mass is 16.5. The van der Waals surface area contributed by atoms with Gasteiger partial charge in [-0.25, -0.2) is 0 Å². The highest BCUT2D eigenvalue weighted by molar-refractivity contribution is 5.78. The van der Waals surface area contributed by atoms with Crippen molar-refractivity contribution in [2.45, 2.75) is 6.04 Å². The van der Waals surface area contributed by atoms with E-state index in [0.717, 1.165) is 11.3 Å². The molecule has 126 valence electrons. The maximum Gasteiger partial charge on any atom is 0.236 e. The van der Waals surface area contributed by atoms with Gasteiger partial charge < -0.3 is 9.64 Å². The summed E-state index contributed by atoms with van der Waals surface area (Å²) in [7, 11) is 1.98. The van der Waals surface area contributed by atoms with E-state index in [2.05, 4.69) is 22.0 Å². The van der Waals surface area contributed by atoms with Crippen LogP contribution in [0.4, 0.5) is 0 Å². The Hall–Kier alpha value is -2.24. The summed E-state index contributed by atoms with van der Waals surface area (Å²) in [6.07, 6.45) is 1.79. The van der Waals surface area contributed by atoms with E-state index in [1.54, 1.807) is 6.20 Å². The Morgan fingerprint density at radius 2 is 1.88 bits per heavy atom. The molecule has 0 bridgehead atoms. The van der Waals surface area contributed by atoms with Crippen molar-refractivity contribution in [3.63, 3.8) is 0 Å². The first-order valence-electron chi connectivity index (χ1n) is 8.27. The Bertz CT molecular complexity index is 603. The van der Waals surface area contributed by atoms with Crippen molar-refractivity contribution in [3.8, 4) is 0 Å². The molecule has 0 aliphatic carbocycles. The number of benzene rings is 1. The van der Waals surface area contributed by atoms with Gasteiger partial charge in [0.2, 0.25) is 5.91 Å². The van der Waals surface area contributed by atoms with E-state index in [4.69, 9.17) is 4.74 Å². The van der Waals surface area contributed by atoms with Gasteiger partial charge in [-0.15, -0.1) is 0 Å². The molecule has 5 heteroatoms. The first kappa shape index (κ1) is 16.6. The fraction of sp³-hybridized carbons (Fsp3) is 0.368. The zero-order chi connectivity index (χ0) is 16.8. The smallest absolute Gasteiger partial charge is 0.236 e. The lowest BCUT2D eigenvalue weighted by Crippen LogP contribution is -2.45. The van der Waals surface area contributed by atoms with Crippen LogP contribution in [0.3, 0.4) is 0 Å². The van der Waals surface area contributed by atoms with Gasteiger partial charge in [-0.05, 0) is 24.7 Å². The molecule has 1 aromatic heterocycles. The third-order valence-corrected chi connectivity index (χ3v) is 4.27. The van der Waals surface area contributed by atoms with Crippen LogP contribution in [0, 0.1) is 0 Å². The molecular weight excluding hydrogens is 302 g/mol. The molecule has 0 unspecified atom stereocenters. The van der Waals surface area contributed by atoms with Crippen LogP contribution < -0.4 is 0 Å². The van der Waals surface area contributed by atoms with Gasteiger partial charge >= 0.3 is 0 Å². The minimum atomic E-state index is -0.0441. The second-order valence-electron chi connectivity index (χ2n) is 5.98. The number of nitrogens with zero attached hydrogens (tertiary/aromatic N) is 3. The van der Waals surface area contributed by atoms with E-state index >= 15 is 0 Å². The Labute approximate surface area is 142 Å². The summed E-state index contributed by atoms with van der Waals surface area (Å²) < 4.78 is 5.32. The molecule has 2 heterocycles. The molecule has 1 saturated heterocycles. The predicted octanol–water partition coefficient (Wildman–Crippen LogP) is 1.96. The molecule has 24 heavy (non-hydrogen) atoms. The van der Waals surface area contributed by atoms with Crippen LogP contribution in [-0.2, 0) is 9.53 Å². The second kappa shape index (κ2) is 8.04. The number of aromatic nitrogens is 1. The summed E-state index contributed by atoms with van der Waals surface area (Å²) in [5.41, 5.74) is 2.08. The standard InChI is InChI=1S/C19H23N3O2/c1-21(15-18(23)22-11-13-24-14-12-22)19(16-7-3-2-4-8-16)17-9-5-6-10-20-17/h2-10,19H,11-15H2,1H3/t19-/m1/s1. The first-order valence-corrected chi connectivity index (χ1v) is 8.27. The zero-order valence-electron chi connectivity index (χ0n) is 14.0. The maximum atomic E-state index is 12.6. The van der Waals surface area contributed by atoms with Gasteiger partial charge in [0.05, 0.1) is 31.5 Å². The minimum Gasteiger partial charge on any atom is -0.378 e. The minimum absolute atomic E-state index is 0.0441. The number of likely N-dealkylation sites (N-methyl/N-ethyl adjacent to an activating group) is 1. The van der Waals surface area contributed by atoms with Crippen LogP contribution in [0.1, 0.15) is 17.3 Å². The van der Waals surface area contributed by atoms with Crippen LogP contribution in [0.15, 0.2) is 54.7 Å². The normalized spacial score (nSPS) is 16.2. The van der Waals surface area contributed by atoms with Crippen LogP contribution in [0.25, 0.3) is 0 Å². The van der Waals surface area contributed by atoms with Gasteiger partial charge in [-0.1, -0.05) is 36.4 Å². The van der Waals surface area contributed by atoms with Crippen molar-refractivity contribution in [2.24, 2.45) is 0 Å². The number of amides is 1. The fourth-order valence-corrected chi connectivity index (χ4v) is 3.04. The second-order valence-corrected chi connectivity index (χ2v) is 5.98. The van der Waals surface area contributed by atoms with Crippen molar-refractivity contribution >= 4 is 5.91 Å². The van der Waals surface area contributed by atoms with Gasteiger partial charge in [0.15, 0.2) is 0 Å². The molecule has 3 rings (SSSR count). The monoisotopic (exact) mass is 325 g/mol. The van der Waals surface area contributed by atoms with Crippen LogP contribution in [-0.4, -0.2) is 60.6 Å². The summed E-state index contributed by atoms with van der Waals surface area (Å²) >= 11 is 0. The molecule has 0 N–H and O–H groups in total. The van der Waals surface area contributed by atoms with E-state index in [9.17, 15) is 4.79 Å². The molecule has 0 saturated carbocycles. The van der Waals surface area contributed by atoms with E-state index in [1.807, 2.05) is 48.3 Å². The number of hydrogen-bond donors (Lipinski definition) is 0. The lowest BCUT2D eigenvalue weighted by Gasteiger charge is -2.32. The molecule has 1 amide bonds. The van der Waals surface area contributed by atoms with Crippen LogP contribution in [0.5, 0.6) is 0 Å². The molecule has 0 spiro atoms. The number of pyridine rings is 1. The van der Waals surface area contributed by atoms with E-state index in [1.165, 1.54) is 0 Å². The Balaban J connectivity index is 1.79. The SMILES string of the molecule is CN(CC(=O)N1CCOCC1)[C@H](c1ccccc1)c1ccccn1. The summed E-state index contributed by atoms with van der Waals surface area (Å²) in [5, 5.41) is 0. The Morgan fingerprint density at radius 3 is 2.54 bits per heavy atom. The third kappa shape index (κ3) is 3.99. The number of carbonyl (C=O) groups is 1. The van der Waals surface area contributed by atoms with Crippen molar-refractivity contribution in [1.29, 1.82) is 0 Å². The van der Waals surface area contributed by atoms with Crippen molar-refractivity contribution in [1.82, 2.24) is 14.8 Å². The van der Waals surface area contributed by atoms with Crippen LogP contribution >= 0.6 is 0 Å².